The molecule has 2 N–H and O–H groups in total. The maximum atomic E-state index is 3.69. The smallest absolute Gasteiger partial charge is 0.0201 e. The summed E-state index contributed by atoms with van der Waals surface area (Å²) in [5.74, 6) is 1.01. The quantitative estimate of drug-likeness (QED) is 0.248. The van der Waals surface area contributed by atoms with Gasteiger partial charge in [-0.2, -0.15) is 0 Å². The third-order valence-corrected chi connectivity index (χ3v) is 7.13. The highest BCUT2D eigenvalue weighted by Crippen LogP contribution is 2.24. The average molecular weight is 548 g/mol. The Balaban J connectivity index is 1.32. The van der Waals surface area contributed by atoms with Crippen LogP contribution in [0.1, 0.15) is 51.4 Å². The highest BCUT2D eigenvalue weighted by atomic mass is 127. The van der Waals surface area contributed by atoms with Crippen LogP contribution in [0.4, 0.5) is 0 Å². The predicted molar refractivity (Wildman–Crippen MR) is 116 cm³/mol. The monoisotopic (exact) mass is 548 g/mol. The Morgan fingerprint density at radius 1 is 0.739 bits per heavy atom. The van der Waals surface area contributed by atoms with Crippen molar-refractivity contribution in [3.8, 4) is 0 Å². The second-order valence-corrected chi connectivity index (χ2v) is 9.82. The molecule has 0 spiro atoms. The molecule has 0 amide bonds. The SMILES string of the molecule is IN1CCC(CCCCCNCCNC2CCN(I)CC2)CC1. The number of piperidine rings is 2. The van der Waals surface area contributed by atoms with Crippen LogP contribution in [0, 0.1) is 5.92 Å². The number of rotatable bonds is 10. The van der Waals surface area contributed by atoms with Crippen molar-refractivity contribution in [2.45, 2.75) is 57.4 Å². The first-order valence-electron chi connectivity index (χ1n) is 9.49. The van der Waals surface area contributed by atoms with Crippen molar-refractivity contribution in [2.75, 3.05) is 45.8 Å². The van der Waals surface area contributed by atoms with E-state index in [0.717, 1.165) is 25.0 Å². The molecule has 23 heavy (non-hydrogen) atoms. The molecule has 2 saturated heterocycles. The van der Waals surface area contributed by atoms with Crippen molar-refractivity contribution in [1.29, 1.82) is 0 Å². The van der Waals surface area contributed by atoms with Crippen LogP contribution in [-0.4, -0.2) is 58.1 Å². The van der Waals surface area contributed by atoms with Gasteiger partial charge in [0.15, 0.2) is 0 Å². The van der Waals surface area contributed by atoms with E-state index in [2.05, 4.69) is 62.6 Å². The second-order valence-electron chi connectivity index (χ2n) is 7.09. The molecular weight excluding hydrogens is 514 g/mol. The van der Waals surface area contributed by atoms with Crippen LogP contribution in [0.15, 0.2) is 0 Å². The fourth-order valence-corrected chi connectivity index (χ4v) is 4.71. The van der Waals surface area contributed by atoms with Crippen molar-refractivity contribution >= 4 is 45.7 Å². The number of nitrogens with zero attached hydrogens (tertiary/aromatic N) is 2. The Morgan fingerprint density at radius 3 is 2.09 bits per heavy atom. The van der Waals surface area contributed by atoms with E-state index >= 15 is 0 Å². The number of halogens is 2. The van der Waals surface area contributed by atoms with Gasteiger partial charge in [0.05, 0.1) is 0 Å². The molecule has 0 aromatic rings. The zero-order valence-electron chi connectivity index (χ0n) is 14.4. The first-order chi connectivity index (χ1) is 11.2. The standard InChI is InChI=1S/C17H34I2N4/c18-22-12-5-16(6-13-22)4-2-1-3-9-20-10-11-21-17-7-14-23(19)15-8-17/h16-17,20-21H,1-15H2. The molecule has 2 fully saturated rings. The van der Waals surface area contributed by atoms with Crippen LogP contribution in [0.2, 0.25) is 0 Å². The minimum atomic E-state index is 0.747. The molecule has 0 radical (unpaired) electrons. The summed E-state index contributed by atoms with van der Waals surface area (Å²) in [5.41, 5.74) is 0. The van der Waals surface area contributed by atoms with E-state index in [0.29, 0.717) is 0 Å². The van der Waals surface area contributed by atoms with Crippen LogP contribution in [-0.2, 0) is 0 Å². The van der Waals surface area contributed by atoms with Gasteiger partial charge in [-0.15, -0.1) is 0 Å². The maximum absolute atomic E-state index is 3.69. The minimum Gasteiger partial charge on any atom is -0.315 e. The number of nitrogens with one attached hydrogen (secondary N) is 2. The van der Waals surface area contributed by atoms with Crippen molar-refractivity contribution < 1.29 is 0 Å². The molecule has 0 aromatic heterocycles. The van der Waals surface area contributed by atoms with Crippen LogP contribution in [0.3, 0.4) is 0 Å². The minimum absolute atomic E-state index is 0.747. The first-order valence-corrected chi connectivity index (χ1v) is 11.4. The molecule has 2 rings (SSSR count). The van der Waals surface area contributed by atoms with E-state index in [-0.39, 0.29) is 0 Å². The summed E-state index contributed by atoms with van der Waals surface area (Å²) in [4.78, 5) is 0. The fourth-order valence-electron chi connectivity index (χ4n) is 3.59. The van der Waals surface area contributed by atoms with Gasteiger partial charge in [-0.25, -0.2) is 6.23 Å². The van der Waals surface area contributed by atoms with Crippen molar-refractivity contribution in [3.63, 3.8) is 0 Å². The molecule has 0 saturated carbocycles. The molecular formula is C17H34I2N4. The molecule has 0 aliphatic carbocycles. The third-order valence-electron chi connectivity index (χ3n) is 5.20. The molecule has 0 bridgehead atoms. The molecule has 136 valence electrons. The Labute approximate surface area is 170 Å². The average Bonchev–Trinajstić information content (AvgIpc) is 2.56. The largest absolute Gasteiger partial charge is 0.315 e. The van der Waals surface area contributed by atoms with Gasteiger partial charge in [0, 0.05) is 91.0 Å². The van der Waals surface area contributed by atoms with Crippen LogP contribution < -0.4 is 10.6 Å². The topological polar surface area (TPSA) is 30.5 Å². The zero-order chi connectivity index (χ0) is 16.3. The number of hydrogen-bond acceptors (Lipinski definition) is 4. The summed E-state index contributed by atoms with van der Waals surface area (Å²) in [6, 6.07) is 0.747. The van der Waals surface area contributed by atoms with E-state index < -0.39 is 0 Å². The van der Waals surface area contributed by atoms with Crippen molar-refractivity contribution in [1.82, 2.24) is 16.9 Å². The van der Waals surface area contributed by atoms with Crippen LogP contribution >= 0.6 is 45.7 Å². The summed E-state index contributed by atoms with van der Waals surface area (Å²) < 4.78 is 4.84. The van der Waals surface area contributed by atoms with Crippen molar-refractivity contribution in [2.24, 2.45) is 5.92 Å². The van der Waals surface area contributed by atoms with E-state index in [4.69, 9.17) is 0 Å². The fraction of sp³-hybridized carbons (Fsp3) is 1.00. The Bertz CT molecular complexity index is 262. The van der Waals surface area contributed by atoms with Crippen molar-refractivity contribution in [3.05, 3.63) is 0 Å². The van der Waals surface area contributed by atoms with Gasteiger partial charge in [0.1, 0.15) is 0 Å². The molecule has 2 aliphatic heterocycles. The Kier molecular flexibility index (Phi) is 11.3. The summed E-state index contributed by atoms with van der Waals surface area (Å²) in [6.07, 6.45) is 11.1. The van der Waals surface area contributed by atoms with Gasteiger partial charge < -0.3 is 10.6 Å². The van der Waals surface area contributed by atoms with E-state index in [1.807, 2.05) is 0 Å². The van der Waals surface area contributed by atoms with E-state index in [1.54, 1.807) is 0 Å². The molecule has 0 aromatic carbocycles. The molecule has 2 aliphatic rings. The molecule has 6 heteroatoms. The van der Waals surface area contributed by atoms with E-state index in [1.165, 1.54) is 84.1 Å². The first kappa shape index (κ1) is 20.6. The van der Waals surface area contributed by atoms with E-state index in [9.17, 15) is 0 Å². The van der Waals surface area contributed by atoms with Gasteiger partial charge in [0.25, 0.3) is 0 Å². The van der Waals surface area contributed by atoms with Gasteiger partial charge in [-0.3, -0.25) is 0 Å². The summed E-state index contributed by atoms with van der Waals surface area (Å²) in [6.45, 7) is 8.53. The van der Waals surface area contributed by atoms with Crippen LogP contribution in [0.25, 0.3) is 0 Å². The van der Waals surface area contributed by atoms with Gasteiger partial charge in [-0.05, 0) is 44.6 Å². The Morgan fingerprint density at radius 2 is 1.39 bits per heavy atom. The van der Waals surface area contributed by atoms with Gasteiger partial charge in [-0.1, -0.05) is 19.3 Å². The van der Waals surface area contributed by atoms with Crippen LogP contribution in [0.5, 0.6) is 0 Å². The normalized spacial score (nSPS) is 22.7. The molecule has 4 nitrogen and oxygen atoms in total. The van der Waals surface area contributed by atoms with Gasteiger partial charge in [0.2, 0.25) is 0 Å². The predicted octanol–water partition coefficient (Wildman–Crippen LogP) is 3.60. The molecule has 2 heterocycles. The highest BCUT2D eigenvalue weighted by Gasteiger charge is 2.17. The number of hydrogen-bond donors (Lipinski definition) is 2. The highest BCUT2D eigenvalue weighted by molar-refractivity contribution is 14.1. The third kappa shape index (κ3) is 9.53. The number of unbranched alkanes of at least 4 members (excludes halogenated alkanes) is 2. The lowest BCUT2D eigenvalue weighted by Gasteiger charge is -2.28. The summed E-state index contributed by atoms with van der Waals surface area (Å²) in [7, 11) is 0. The summed E-state index contributed by atoms with van der Waals surface area (Å²) >= 11 is 4.91. The lowest BCUT2D eigenvalue weighted by atomic mass is 9.92. The maximum Gasteiger partial charge on any atom is 0.0201 e. The zero-order valence-corrected chi connectivity index (χ0v) is 18.7. The summed E-state index contributed by atoms with van der Waals surface area (Å²) in [5, 5.41) is 7.29. The lowest BCUT2D eigenvalue weighted by Crippen LogP contribution is -2.41. The lowest BCUT2D eigenvalue weighted by molar-refractivity contribution is 0.288. The molecule has 0 unspecified atom stereocenters. The van der Waals surface area contributed by atoms with Gasteiger partial charge >= 0.3 is 0 Å². The second kappa shape index (κ2) is 12.6. The molecule has 0 atom stereocenters. The Hall–Kier alpha value is 1.30.